The Morgan fingerprint density at radius 1 is 1.37 bits per heavy atom. The number of rotatable bonds is 7. The molecule has 1 saturated heterocycles. The van der Waals surface area contributed by atoms with Crippen molar-refractivity contribution in [2.24, 2.45) is 4.99 Å². The van der Waals surface area contributed by atoms with Gasteiger partial charge in [0.15, 0.2) is 0 Å². The van der Waals surface area contributed by atoms with Crippen molar-refractivity contribution in [3.63, 3.8) is 0 Å². The van der Waals surface area contributed by atoms with Crippen molar-refractivity contribution in [3.8, 4) is 5.75 Å². The maximum atomic E-state index is 14.5. The Morgan fingerprint density at radius 2 is 2.15 bits per heavy atom. The van der Waals surface area contributed by atoms with Crippen LogP contribution in [0.3, 0.4) is 0 Å². The van der Waals surface area contributed by atoms with Crippen LogP contribution in [0.2, 0.25) is 0 Å². The van der Waals surface area contributed by atoms with Gasteiger partial charge in [0.05, 0.1) is 7.11 Å². The predicted molar refractivity (Wildman–Crippen MR) is 111 cm³/mol. The molecule has 0 unspecified atom stereocenters. The zero-order chi connectivity index (χ0) is 19.2. The normalized spacial score (nSPS) is 19.2. The molecule has 1 aromatic carbocycles. The van der Waals surface area contributed by atoms with Crippen LogP contribution in [0.25, 0.3) is 5.57 Å². The van der Waals surface area contributed by atoms with Gasteiger partial charge in [-0.1, -0.05) is 12.7 Å². The number of allylic oxidation sites excluding steroid dienone is 3. The molecule has 0 bridgehead atoms. The van der Waals surface area contributed by atoms with Crippen LogP contribution in [0.5, 0.6) is 5.75 Å². The van der Waals surface area contributed by atoms with E-state index in [4.69, 9.17) is 9.73 Å². The van der Waals surface area contributed by atoms with E-state index in [1.54, 1.807) is 25.3 Å². The van der Waals surface area contributed by atoms with Gasteiger partial charge >= 0.3 is 0 Å². The zero-order valence-corrected chi connectivity index (χ0v) is 16.2. The number of hydrogen-bond acceptors (Lipinski definition) is 4. The molecule has 27 heavy (non-hydrogen) atoms. The molecule has 1 aromatic rings. The van der Waals surface area contributed by atoms with Gasteiger partial charge in [-0.25, -0.2) is 9.38 Å². The lowest BCUT2D eigenvalue weighted by atomic mass is 10.0. The Labute approximate surface area is 162 Å². The van der Waals surface area contributed by atoms with Crippen molar-refractivity contribution < 1.29 is 10.6 Å². The number of benzene rings is 1. The summed E-state index contributed by atoms with van der Waals surface area (Å²) < 4.78 is 19.7. The molecule has 0 spiro atoms. The van der Waals surface area contributed by atoms with E-state index < -0.39 is 0 Å². The Morgan fingerprint density at radius 3 is 2.85 bits per heavy atom. The molecule has 1 fully saturated rings. The number of ether oxygens (including phenoxy) is 1. The summed E-state index contributed by atoms with van der Waals surface area (Å²) in [5, 5.41) is 0. The molecule has 3 rings (SSSR count). The smallest absolute Gasteiger partial charge is 0.140 e. The van der Waals surface area contributed by atoms with E-state index in [1.807, 2.05) is 24.2 Å². The lowest BCUT2D eigenvalue weighted by Gasteiger charge is -2.23. The fourth-order valence-electron chi connectivity index (χ4n) is 3.56. The molecule has 2 heterocycles. The standard InChI is InChI=1S/C22H28FN3O.H2/c1-4-19(20-16-18(27-3)9-10-21(20)23)22-24-17(11-15-25(22)2)8-7-14-26-12-5-6-13-26;/h4,9-11,15-16H,1,5-8,12-14H2,2-3H3;1H/b22-19+;. The minimum atomic E-state index is -0.313. The number of halogens is 1. The second kappa shape index (κ2) is 9.00. The van der Waals surface area contributed by atoms with Gasteiger partial charge in [-0.15, -0.1) is 0 Å². The second-order valence-electron chi connectivity index (χ2n) is 6.97. The first-order valence-corrected chi connectivity index (χ1v) is 9.54. The largest absolute Gasteiger partial charge is 0.497 e. The third-order valence-electron chi connectivity index (χ3n) is 5.09. The van der Waals surface area contributed by atoms with Crippen LogP contribution >= 0.6 is 0 Å². The van der Waals surface area contributed by atoms with Gasteiger partial charge in [0, 0.05) is 31.5 Å². The van der Waals surface area contributed by atoms with E-state index in [0.717, 1.165) is 25.1 Å². The minimum Gasteiger partial charge on any atom is -0.497 e. The second-order valence-corrected chi connectivity index (χ2v) is 6.97. The van der Waals surface area contributed by atoms with E-state index >= 15 is 0 Å². The average molecular weight is 372 g/mol. The molecule has 2 aliphatic rings. The number of nitrogens with zero attached hydrogens (tertiary/aromatic N) is 3. The van der Waals surface area contributed by atoms with Crippen LogP contribution in [-0.4, -0.2) is 49.3 Å². The van der Waals surface area contributed by atoms with E-state index in [9.17, 15) is 4.39 Å². The molecular formula is C22H30FN3O. The summed E-state index contributed by atoms with van der Waals surface area (Å²) in [6, 6.07) is 4.72. The maximum Gasteiger partial charge on any atom is 0.140 e. The number of likely N-dealkylation sites (tertiary alicyclic amines) is 1. The molecule has 0 radical (unpaired) electrons. The van der Waals surface area contributed by atoms with Crippen LogP contribution in [0.4, 0.5) is 4.39 Å². The van der Waals surface area contributed by atoms with E-state index in [1.165, 1.54) is 32.0 Å². The van der Waals surface area contributed by atoms with Crippen LogP contribution in [0, 0.1) is 5.82 Å². The highest BCUT2D eigenvalue weighted by Gasteiger charge is 2.18. The fraction of sp³-hybridized carbons (Fsp3) is 0.409. The lowest BCUT2D eigenvalue weighted by molar-refractivity contribution is 0.336. The molecule has 2 aliphatic heterocycles. The molecule has 0 saturated carbocycles. The quantitative estimate of drug-likeness (QED) is 0.695. The minimum absolute atomic E-state index is 0. The first kappa shape index (κ1) is 19.4. The summed E-state index contributed by atoms with van der Waals surface area (Å²) in [6.07, 6.45) is 10.3. The number of hydrogen-bond donors (Lipinski definition) is 0. The molecule has 4 nitrogen and oxygen atoms in total. The van der Waals surface area contributed by atoms with Crippen molar-refractivity contribution in [2.75, 3.05) is 33.8 Å². The van der Waals surface area contributed by atoms with Crippen molar-refractivity contribution in [3.05, 3.63) is 60.3 Å². The highest BCUT2D eigenvalue weighted by Crippen LogP contribution is 2.30. The van der Waals surface area contributed by atoms with Crippen LogP contribution in [0.1, 0.15) is 32.7 Å². The average Bonchev–Trinajstić information content (AvgIpc) is 3.19. The topological polar surface area (TPSA) is 28.1 Å². The van der Waals surface area contributed by atoms with Gasteiger partial charge in [0.1, 0.15) is 17.4 Å². The highest BCUT2D eigenvalue weighted by atomic mass is 19.1. The van der Waals surface area contributed by atoms with Gasteiger partial charge < -0.3 is 14.5 Å². The highest BCUT2D eigenvalue weighted by molar-refractivity contribution is 5.97. The predicted octanol–water partition coefficient (Wildman–Crippen LogP) is 4.71. The molecule has 0 atom stereocenters. The van der Waals surface area contributed by atoms with Crippen molar-refractivity contribution >= 4 is 11.3 Å². The number of methoxy groups -OCH3 is 1. The summed E-state index contributed by atoms with van der Waals surface area (Å²) in [6.45, 7) is 7.43. The number of aliphatic imine (C=N–C) groups is 1. The monoisotopic (exact) mass is 371 g/mol. The third kappa shape index (κ3) is 4.66. The third-order valence-corrected chi connectivity index (χ3v) is 5.09. The zero-order valence-electron chi connectivity index (χ0n) is 16.2. The summed E-state index contributed by atoms with van der Waals surface area (Å²) in [5.41, 5.74) is 2.13. The van der Waals surface area contributed by atoms with Gasteiger partial charge in [0.2, 0.25) is 0 Å². The van der Waals surface area contributed by atoms with Gasteiger partial charge in [0.25, 0.3) is 0 Å². The molecule has 0 N–H and O–H groups in total. The summed E-state index contributed by atoms with van der Waals surface area (Å²) in [7, 11) is 3.49. The molecule has 0 aromatic heterocycles. The Balaban J connectivity index is 0.00000280. The van der Waals surface area contributed by atoms with Crippen molar-refractivity contribution in [2.45, 2.75) is 25.7 Å². The summed E-state index contributed by atoms with van der Waals surface area (Å²) >= 11 is 0. The molecule has 0 amide bonds. The Kier molecular flexibility index (Phi) is 6.45. The van der Waals surface area contributed by atoms with E-state index in [0.29, 0.717) is 22.7 Å². The molecule has 0 aliphatic carbocycles. The first-order valence-electron chi connectivity index (χ1n) is 9.54. The lowest BCUT2D eigenvalue weighted by Crippen LogP contribution is -2.22. The van der Waals surface area contributed by atoms with Crippen LogP contribution < -0.4 is 4.74 Å². The molecule has 5 heteroatoms. The fourth-order valence-corrected chi connectivity index (χ4v) is 3.56. The first-order chi connectivity index (χ1) is 13.1. The Bertz CT molecular complexity index is 782. The maximum absolute atomic E-state index is 14.5. The van der Waals surface area contributed by atoms with Crippen molar-refractivity contribution in [1.29, 1.82) is 0 Å². The summed E-state index contributed by atoms with van der Waals surface area (Å²) in [4.78, 5) is 9.22. The molecule has 146 valence electrons. The van der Waals surface area contributed by atoms with Crippen LogP contribution in [0.15, 0.2) is 53.9 Å². The van der Waals surface area contributed by atoms with Gasteiger partial charge in [-0.05, 0) is 69.6 Å². The van der Waals surface area contributed by atoms with Crippen molar-refractivity contribution in [1.82, 2.24) is 9.80 Å². The Hall–Kier alpha value is -2.40. The SMILES string of the molecule is C=C/C(=C1/N=C(CCCN2CCCC2)C=CN1C)c1cc(OC)ccc1F.[HH]. The van der Waals surface area contributed by atoms with E-state index in [-0.39, 0.29) is 7.24 Å². The summed E-state index contributed by atoms with van der Waals surface area (Å²) in [5.74, 6) is 0.998. The van der Waals surface area contributed by atoms with Gasteiger partial charge in [-0.3, -0.25) is 0 Å². The van der Waals surface area contributed by atoms with Gasteiger partial charge in [-0.2, -0.15) is 0 Å². The van der Waals surface area contributed by atoms with Crippen LogP contribution in [-0.2, 0) is 0 Å². The molecular weight excluding hydrogens is 341 g/mol. The van der Waals surface area contributed by atoms with E-state index in [2.05, 4.69) is 11.5 Å².